The first-order chi connectivity index (χ1) is 8.77. The predicted octanol–water partition coefficient (Wildman–Crippen LogP) is 2.16. The average Bonchev–Trinajstić information content (AvgIpc) is 2.82. The highest BCUT2D eigenvalue weighted by molar-refractivity contribution is 5.73. The Balaban J connectivity index is 1.65. The highest BCUT2D eigenvalue weighted by Crippen LogP contribution is 2.16. The highest BCUT2D eigenvalue weighted by Gasteiger charge is 2.30. The van der Waals surface area contributed by atoms with Gasteiger partial charge >= 0.3 is 5.97 Å². The van der Waals surface area contributed by atoms with E-state index in [2.05, 4.69) is 17.4 Å². The summed E-state index contributed by atoms with van der Waals surface area (Å²) in [6, 6.07) is 10.5. The summed E-state index contributed by atoms with van der Waals surface area (Å²) in [5.41, 5.74) is 1.30. The standard InChI is InChI=1S/C15H21NO2/c1-12-14(9-10-16-12)15(17)18-11-5-8-13-6-3-2-4-7-13/h2-4,6-7,12,14,16H,5,8-11H2,1H3. The van der Waals surface area contributed by atoms with Gasteiger partial charge in [-0.3, -0.25) is 4.79 Å². The third-order valence-electron chi connectivity index (χ3n) is 3.52. The molecule has 1 saturated heterocycles. The van der Waals surface area contributed by atoms with Crippen molar-refractivity contribution in [3.05, 3.63) is 35.9 Å². The number of aryl methyl sites for hydroxylation is 1. The van der Waals surface area contributed by atoms with Gasteiger partial charge < -0.3 is 10.1 Å². The molecular formula is C15H21NO2. The molecule has 98 valence electrons. The summed E-state index contributed by atoms with van der Waals surface area (Å²) >= 11 is 0. The van der Waals surface area contributed by atoms with Gasteiger partial charge in [-0.15, -0.1) is 0 Å². The number of rotatable bonds is 5. The molecule has 0 saturated carbocycles. The Hall–Kier alpha value is -1.35. The van der Waals surface area contributed by atoms with Crippen LogP contribution in [0.1, 0.15) is 25.3 Å². The molecule has 1 aliphatic rings. The first-order valence-electron chi connectivity index (χ1n) is 6.71. The van der Waals surface area contributed by atoms with Crippen molar-refractivity contribution in [2.24, 2.45) is 5.92 Å². The van der Waals surface area contributed by atoms with Gasteiger partial charge in [-0.1, -0.05) is 30.3 Å². The molecule has 1 heterocycles. The average molecular weight is 247 g/mol. The van der Waals surface area contributed by atoms with Gasteiger partial charge in [0.15, 0.2) is 0 Å². The second kappa shape index (κ2) is 6.55. The minimum atomic E-state index is -0.0411. The fourth-order valence-electron chi connectivity index (χ4n) is 2.38. The van der Waals surface area contributed by atoms with Crippen LogP contribution in [0, 0.1) is 5.92 Å². The molecule has 3 heteroatoms. The maximum absolute atomic E-state index is 11.8. The van der Waals surface area contributed by atoms with Crippen LogP contribution in [-0.4, -0.2) is 25.2 Å². The molecule has 18 heavy (non-hydrogen) atoms. The largest absolute Gasteiger partial charge is 0.465 e. The summed E-state index contributed by atoms with van der Waals surface area (Å²) in [6.45, 7) is 3.49. The highest BCUT2D eigenvalue weighted by atomic mass is 16.5. The summed E-state index contributed by atoms with van der Waals surface area (Å²) < 4.78 is 5.34. The molecular weight excluding hydrogens is 226 g/mol. The summed E-state index contributed by atoms with van der Waals surface area (Å²) in [4.78, 5) is 11.8. The van der Waals surface area contributed by atoms with Crippen molar-refractivity contribution in [3.63, 3.8) is 0 Å². The van der Waals surface area contributed by atoms with E-state index in [4.69, 9.17) is 4.74 Å². The van der Waals surface area contributed by atoms with Crippen molar-refractivity contribution in [2.75, 3.05) is 13.2 Å². The Morgan fingerprint density at radius 2 is 2.17 bits per heavy atom. The van der Waals surface area contributed by atoms with Gasteiger partial charge in [0.1, 0.15) is 0 Å². The lowest BCUT2D eigenvalue weighted by Crippen LogP contribution is -2.29. The molecule has 2 unspecified atom stereocenters. The summed E-state index contributed by atoms with van der Waals surface area (Å²) in [7, 11) is 0. The van der Waals surface area contributed by atoms with Gasteiger partial charge in [-0.2, -0.15) is 0 Å². The lowest BCUT2D eigenvalue weighted by Gasteiger charge is -2.13. The van der Waals surface area contributed by atoms with E-state index in [-0.39, 0.29) is 17.9 Å². The lowest BCUT2D eigenvalue weighted by atomic mass is 10.0. The van der Waals surface area contributed by atoms with Crippen LogP contribution in [0.3, 0.4) is 0 Å². The van der Waals surface area contributed by atoms with E-state index in [1.54, 1.807) is 0 Å². The molecule has 0 aliphatic carbocycles. The van der Waals surface area contributed by atoms with Crippen molar-refractivity contribution < 1.29 is 9.53 Å². The van der Waals surface area contributed by atoms with Crippen LogP contribution >= 0.6 is 0 Å². The number of carbonyl (C=O) groups excluding carboxylic acids is 1. The fraction of sp³-hybridized carbons (Fsp3) is 0.533. The van der Waals surface area contributed by atoms with Crippen molar-refractivity contribution in [2.45, 2.75) is 32.2 Å². The molecule has 0 radical (unpaired) electrons. The molecule has 3 nitrogen and oxygen atoms in total. The number of ether oxygens (including phenoxy) is 1. The summed E-state index contributed by atoms with van der Waals surface area (Å²) in [5, 5.41) is 3.27. The van der Waals surface area contributed by atoms with E-state index in [0.29, 0.717) is 6.61 Å². The molecule has 1 aromatic carbocycles. The number of nitrogens with one attached hydrogen (secondary N) is 1. The molecule has 1 N–H and O–H groups in total. The second-order valence-corrected chi connectivity index (χ2v) is 4.89. The lowest BCUT2D eigenvalue weighted by molar-refractivity contribution is -0.148. The Morgan fingerprint density at radius 3 is 2.83 bits per heavy atom. The Kier molecular flexibility index (Phi) is 4.76. The zero-order chi connectivity index (χ0) is 12.8. The van der Waals surface area contributed by atoms with Crippen LogP contribution in [0.25, 0.3) is 0 Å². The van der Waals surface area contributed by atoms with Crippen LogP contribution in [0.2, 0.25) is 0 Å². The smallest absolute Gasteiger partial charge is 0.310 e. The number of esters is 1. The molecule has 0 aromatic heterocycles. The van der Waals surface area contributed by atoms with Crippen LogP contribution in [0.15, 0.2) is 30.3 Å². The number of hydrogen-bond donors (Lipinski definition) is 1. The second-order valence-electron chi connectivity index (χ2n) is 4.89. The predicted molar refractivity (Wildman–Crippen MR) is 71.3 cm³/mol. The summed E-state index contributed by atoms with van der Waals surface area (Å²) in [5.74, 6) is 0.00212. The first-order valence-corrected chi connectivity index (χ1v) is 6.71. The Bertz CT molecular complexity index is 377. The van der Waals surface area contributed by atoms with Crippen molar-refractivity contribution >= 4 is 5.97 Å². The van der Waals surface area contributed by atoms with Gasteiger partial charge in [-0.25, -0.2) is 0 Å². The van der Waals surface area contributed by atoms with Crippen LogP contribution in [-0.2, 0) is 16.0 Å². The maximum atomic E-state index is 11.8. The molecule has 1 aliphatic heterocycles. The minimum absolute atomic E-state index is 0.0411. The van der Waals surface area contributed by atoms with E-state index < -0.39 is 0 Å². The van der Waals surface area contributed by atoms with E-state index in [1.165, 1.54) is 5.56 Å². The van der Waals surface area contributed by atoms with Crippen LogP contribution in [0.4, 0.5) is 0 Å². The van der Waals surface area contributed by atoms with E-state index in [1.807, 2.05) is 25.1 Å². The molecule has 0 bridgehead atoms. The zero-order valence-corrected chi connectivity index (χ0v) is 10.9. The topological polar surface area (TPSA) is 38.3 Å². The van der Waals surface area contributed by atoms with Gasteiger partial charge in [0.25, 0.3) is 0 Å². The van der Waals surface area contributed by atoms with Crippen molar-refractivity contribution in [3.8, 4) is 0 Å². The van der Waals surface area contributed by atoms with Gasteiger partial charge in [-0.05, 0) is 38.3 Å². The normalized spacial score (nSPS) is 22.9. The SMILES string of the molecule is CC1NCCC1C(=O)OCCCc1ccccc1. The summed E-state index contributed by atoms with van der Waals surface area (Å²) in [6.07, 6.45) is 2.76. The van der Waals surface area contributed by atoms with Crippen molar-refractivity contribution in [1.29, 1.82) is 0 Å². The molecule has 1 fully saturated rings. The first kappa shape index (κ1) is 13.1. The third-order valence-corrected chi connectivity index (χ3v) is 3.52. The quantitative estimate of drug-likeness (QED) is 0.640. The Morgan fingerprint density at radius 1 is 1.39 bits per heavy atom. The zero-order valence-electron chi connectivity index (χ0n) is 10.9. The van der Waals surface area contributed by atoms with Gasteiger partial charge in [0.2, 0.25) is 0 Å². The fourth-order valence-corrected chi connectivity index (χ4v) is 2.38. The minimum Gasteiger partial charge on any atom is -0.465 e. The van der Waals surface area contributed by atoms with E-state index in [9.17, 15) is 4.79 Å². The van der Waals surface area contributed by atoms with Crippen LogP contribution in [0.5, 0.6) is 0 Å². The van der Waals surface area contributed by atoms with Gasteiger partial charge in [0, 0.05) is 6.04 Å². The number of benzene rings is 1. The molecule has 2 rings (SSSR count). The Labute approximate surface area is 109 Å². The van der Waals surface area contributed by atoms with Crippen LogP contribution < -0.4 is 5.32 Å². The van der Waals surface area contributed by atoms with Crippen molar-refractivity contribution in [1.82, 2.24) is 5.32 Å². The number of carbonyl (C=O) groups is 1. The third kappa shape index (κ3) is 3.57. The van der Waals surface area contributed by atoms with Gasteiger partial charge in [0.05, 0.1) is 12.5 Å². The molecule has 0 amide bonds. The molecule has 0 spiro atoms. The monoisotopic (exact) mass is 247 g/mol. The molecule has 2 atom stereocenters. The maximum Gasteiger partial charge on any atom is 0.310 e. The molecule has 1 aromatic rings. The number of hydrogen-bond acceptors (Lipinski definition) is 3. The van der Waals surface area contributed by atoms with E-state index in [0.717, 1.165) is 25.8 Å². The van der Waals surface area contributed by atoms with E-state index >= 15 is 0 Å².